The number of nitrogens with one attached hydrogen (secondary N) is 2. The molecule has 2 aliphatic heterocycles. The Kier molecular flexibility index (Phi) is 4.94. The first kappa shape index (κ1) is 18.7. The highest BCUT2D eigenvalue weighted by Crippen LogP contribution is 2.46. The second kappa shape index (κ2) is 7.40. The number of rotatable bonds is 5. The summed E-state index contributed by atoms with van der Waals surface area (Å²) in [6.07, 6.45) is -0.984. The van der Waals surface area contributed by atoms with Crippen LogP contribution in [0.1, 0.15) is 16.8 Å². The van der Waals surface area contributed by atoms with Crippen molar-refractivity contribution in [2.45, 2.75) is 24.7 Å². The maximum Gasteiger partial charge on any atom is 0.251 e. The lowest BCUT2D eigenvalue weighted by Gasteiger charge is -2.23. The fraction of sp³-hybridized carbons (Fsp3) is 0.550. The van der Waals surface area contributed by atoms with Gasteiger partial charge in [0, 0.05) is 43.9 Å². The average molecular weight is 385 g/mol. The van der Waals surface area contributed by atoms with E-state index in [1.165, 1.54) is 4.90 Å². The van der Waals surface area contributed by atoms with Crippen LogP contribution in [-0.4, -0.2) is 68.2 Å². The van der Waals surface area contributed by atoms with E-state index >= 15 is 0 Å². The van der Waals surface area contributed by atoms with Crippen molar-refractivity contribution in [2.24, 2.45) is 11.8 Å². The maximum atomic E-state index is 13.5. The van der Waals surface area contributed by atoms with Crippen molar-refractivity contribution < 1.29 is 14.0 Å². The van der Waals surface area contributed by atoms with Crippen LogP contribution >= 0.6 is 0 Å². The van der Waals surface area contributed by atoms with Crippen LogP contribution in [0.15, 0.2) is 24.3 Å². The molecule has 3 fully saturated rings. The van der Waals surface area contributed by atoms with Crippen LogP contribution in [-0.2, 0) is 4.79 Å². The summed E-state index contributed by atoms with van der Waals surface area (Å²) in [6, 6.07) is 9.25. The Morgan fingerprint density at radius 2 is 1.89 bits per heavy atom. The third-order valence-corrected chi connectivity index (χ3v) is 6.12. The molecule has 2 heterocycles. The molecule has 8 heteroatoms. The van der Waals surface area contributed by atoms with Crippen LogP contribution in [0.3, 0.4) is 0 Å². The van der Waals surface area contributed by atoms with E-state index in [9.17, 15) is 14.0 Å². The number of hydrogen-bond acceptors (Lipinski definition) is 5. The van der Waals surface area contributed by atoms with Gasteiger partial charge >= 0.3 is 0 Å². The average Bonchev–Trinajstić information content (AvgIpc) is 3.04. The number of halogens is 1. The first-order valence-corrected chi connectivity index (χ1v) is 9.65. The molecule has 0 bridgehead atoms. The van der Waals surface area contributed by atoms with E-state index in [-0.39, 0.29) is 31.3 Å². The molecule has 1 aromatic carbocycles. The largest absolute Gasteiger partial charge is 0.371 e. The molecule has 2 saturated heterocycles. The number of likely N-dealkylation sites (tertiary alicyclic amines) is 1. The predicted molar refractivity (Wildman–Crippen MR) is 101 cm³/mol. The number of benzene rings is 1. The van der Waals surface area contributed by atoms with Gasteiger partial charge in [0.1, 0.15) is 12.2 Å². The monoisotopic (exact) mass is 385 g/mol. The summed E-state index contributed by atoms with van der Waals surface area (Å²) in [5.41, 5.74) is 1.74. The molecule has 4 unspecified atom stereocenters. The Hall–Kier alpha value is -2.66. The highest BCUT2D eigenvalue weighted by molar-refractivity contribution is 5.94. The summed E-state index contributed by atoms with van der Waals surface area (Å²) in [6.45, 7) is 2.00. The molecule has 7 nitrogen and oxygen atoms in total. The minimum Gasteiger partial charge on any atom is -0.371 e. The van der Waals surface area contributed by atoms with Crippen molar-refractivity contribution >= 4 is 17.5 Å². The minimum absolute atomic E-state index is 0.0239. The number of anilines is 1. The standard InChI is InChI=1S/C20H24FN5O2/c1-23-20(28)12-2-4-14(5-3-12)25-10-16-17(11-25)19(16)24-8-18(27)26-9-13(21)6-15(26)7-22/h2-5,13,15-17,19,24H,6,8-11H2,1H3,(H,23,28). The van der Waals surface area contributed by atoms with Crippen molar-refractivity contribution in [3.63, 3.8) is 0 Å². The van der Waals surface area contributed by atoms with Gasteiger partial charge in [-0.1, -0.05) is 0 Å². The summed E-state index contributed by atoms with van der Waals surface area (Å²) in [5, 5.41) is 15.0. The van der Waals surface area contributed by atoms with E-state index in [0.29, 0.717) is 23.4 Å². The Labute approximate surface area is 163 Å². The molecule has 28 heavy (non-hydrogen) atoms. The minimum atomic E-state index is -1.10. The lowest BCUT2D eigenvalue weighted by atomic mass is 10.2. The topological polar surface area (TPSA) is 88.5 Å². The maximum absolute atomic E-state index is 13.5. The molecule has 0 spiro atoms. The van der Waals surface area contributed by atoms with E-state index in [1.54, 1.807) is 7.05 Å². The smallest absolute Gasteiger partial charge is 0.251 e. The van der Waals surface area contributed by atoms with Crippen molar-refractivity contribution in [1.82, 2.24) is 15.5 Å². The van der Waals surface area contributed by atoms with Gasteiger partial charge in [-0.15, -0.1) is 0 Å². The zero-order valence-corrected chi connectivity index (χ0v) is 15.8. The molecule has 0 radical (unpaired) electrons. The normalized spacial score (nSPS) is 30.7. The molecule has 2 amide bonds. The summed E-state index contributed by atoms with van der Waals surface area (Å²) in [7, 11) is 1.61. The third kappa shape index (κ3) is 3.42. The molecule has 148 valence electrons. The second-order valence-corrected chi connectivity index (χ2v) is 7.79. The zero-order valence-electron chi connectivity index (χ0n) is 15.8. The van der Waals surface area contributed by atoms with Crippen molar-refractivity contribution in [1.29, 1.82) is 5.26 Å². The van der Waals surface area contributed by atoms with Crippen LogP contribution in [0.2, 0.25) is 0 Å². The molecular formula is C20H24FN5O2. The molecule has 4 atom stereocenters. The van der Waals surface area contributed by atoms with Crippen LogP contribution < -0.4 is 15.5 Å². The number of hydrogen-bond donors (Lipinski definition) is 2. The SMILES string of the molecule is CNC(=O)c1ccc(N2CC3C(C2)C3NCC(=O)N2CC(F)CC2C#N)cc1. The molecule has 1 saturated carbocycles. The molecule has 4 rings (SSSR count). The van der Waals surface area contributed by atoms with Gasteiger partial charge in [0.05, 0.1) is 19.2 Å². The van der Waals surface area contributed by atoms with Crippen LogP contribution in [0.4, 0.5) is 10.1 Å². The Morgan fingerprint density at radius 3 is 2.50 bits per heavy atom. The first-order valence-electron chi connectivity index (χ1n) is 9.65. The molecule has 2 N–H and O–H groups in total. The zero-order chi connectivity index (χ0) is 19.8. The highest BCUT2D eigenvalue weighted by atomic mass is 19.1. The summed E-state index contributed by atoms with van der Waals surface area (Å²) < 4.78 is 13.5. The Bertz CT molecular complexity index is 796. The van der Waals surface area contributed by atoms with Gasteiger partial charge in [-0.05, 0) is 36.1 Å². The second-order valence-electron chi connectivity index (χ2n) is 7.79. The molecule has 0 aromatic heterocycles. The third-order valence-electron chi connectivity index (χ3n) is 6.12. The molecule has 1 aliphatic carbocycles. The van der Waals surface area contributed by atoms with Gasteiger partial charge in [-0.3, -0.25) is 9.59 Å². The number of fused-ring (bicyclic) bond motifs is 1. The van der Waals surface area contributed by atoms with Gasteiger partial charge in [-0.2, -0.15) is 5.26 Å². The number of nitrogens with zero attached hydrogens (tertiary/aromatic N) is 3. The van der Waals surface area contributed by atoms with Crippen LogP contribution in [0.25, 0.3) is 0 Å². The Morgan fingerprint density at radius 1 is 1.21 bits per heavy atom. The summed E-state index contributed by atoms with van der Waals surface area (Å²) >= 11 is 0. The lowest BCUT2D eigenvalue weighted by molar-refractivity contribution is -0.130. The molecular weight excluding hydrogens is 361 g/mol. The van der Waals surface area contributed by atoms with Gasteiger partial charge < -0.3 is 20.4 Å². The van der Waals surface area contributed by atoms with E-state index in [1.807, 2.05) is 30.3 Å². The Balaban J connectivity index is 1.25. The van der Waals surface area contributed by atoms with Crippen molar-refractivity contribution in [3.05, 3.63) is 29.8 Å². The molecule has 3 aliphatic rings. The van der Waals surface area contributed by atoms with Gasteiger partial charge in [0.15, 0.2) is 0 Å². The number of carbonyl (C=O) groups excluding carboxylic acids is 2. The first-order chi connectivity index (χ1) is 13.5. The van der Waals surface area contributed by atoms with E-state index in [4.69, 9.17) is 5.26 Å². The fourth-order valence-corrected chi connectivity index (χ4v) is 4.50. The number of piperidine rings is 1. The van der Waals surface area contributed by atoms with Crippen molar-refractivity contribution in [3.8, 4) is 6.07 Å². The number of carbonyl (C=O) groups is 2. The fourth-order valence-electron chi connectivity index (χ4n) is 4.50. The van der Waals surface area contributed by atoms with Gasteiger partial charge in [0.2, 0.25) is 5.91 Å². The summed E-state index contributed by atoms with van der Waals surface area (Å²) in [4.78, 5) is 27.6. The van der Waals surface area contributed by atoms with E-state index in [0.717, 1.165) is 18.8 Å². The highest BCUT2D eigenvalue weighted by Gasteiger charge is 2.55. The number of nitriles is 1. The number of alkyl halides is 1. The predicted octanol–water partition coefficient (Wildman–Crippen LogP) is 0.533. The van der Waals surface area contributed by atoms with Crippen LogP contribution in [0.5, 0.6) is 0 Å². The van der Waals surface area contributed by atoms with Crippen LogP contribution in [0, 0.1) is 23.2 Å². The van der Waals surface area contributed by atoms with Crippen molar-refractivity contribution in [2.75, 3.05) is 38.1 Å². The van der Waals surface area contributed by atoms with Gasteiger partial charge in [-0.25, -0.2) is 4.39 Å². The summed E-state index contributed by atoms with van der Waals surface area (Å²) in [5.74, 6) is 0.690. The number of amides is 2. The quantitative estimate of drug-likeness (QED) is 0.772. The lowest BCUT2D eigenvalue weighted by Crippen LogP contribution is -2.42. The van der Waals surface area contributed by atoms with Gasteiger partial charge in [0.25, 0.3) is 5.91 Å². The van der Waals surface area contributed by atoms with E-state index < -0.39 is 12.2 Å². The van der Waals surface area contributed by atoms with E-state index in [2.05, 4.69) is 15.5 Å². The molecule has 1 aromatic rings.